The quantitative estimate of drug-likeness (QED) is 0.740. The monoisotopic (exact) mass is 261 g/mol. The van der Waals surface area contributed by atoms with Crippen LogP contribution in [-0.2, 0) is 16.0 Å². The lowest BCUT2D eigenvalue weighted by atomic mass is 10.1. The number of amides is 2. The van der Waals surface area contributed by atoms with Gasteiger partial charge in [0.25, 0.3) is 0 Å². The molecule has 0 saturated carbocycles. The van der Waals surface area contributed by atoms with Crippen molar-refractivity contribution in [2.75, 3.05) is 13.2 Å². The van der Waals surface area contributed by atoms with Crippen molar-refractivity contribution in [3.8, 4) is 0 Å². The van der Waals surface area contributed by atoms with Gasteiger partial charge in [0.05, 0.1) is 6.54 Å². The fourth-order valence-corrected chi connectivity index (χ4v) is 2.18. The summed E-state index contributed by atoms with van der Waals surface area (Å²) < 4.78 is 4.74. The van der Waals surface area contributed by atoms with Crippen LogP contribution in [0.25, 0.3) is 0 Å². The zero-order chi connectivity index (χ0) is 13.5. The predicted octanol–water partition coefficient (Wildman–Crippen LogP) is 2.77. The fraction of sp³-hybridized carbons (Fsp3) is 0.467. The van der Waals surface area contributed by atoms with Crippen LogP contribution in [0.4, 0.5) is 4.79 Å². The summed E-state index contributed by atoms with van der Waals surface area (Å²) in [6, 6.07) is 10.3. The third-order valence-electron chi connectivity index (χ3n) is 3.26. The van der Waals surface area contributed by atoms with E-state index in [1.807, 2.05) is 18.2 Å². The third-order valence-corrected chi connectivity index (χ3v) is 3.26. The van der Waals surface area contributed by atoms with Crippen LogP contribution in [0.2, 0.25) is 0 Å². The first-order valence-electron chi connectivity index (χ1n) is 6.78. The van der Waals surface area contributed by atoms with Crippen LogP contribution in [0.15, 0.2) is 30.3 Å². The molecule has 0 aromatic heterocycles. The second kappa shape index (κ2) is 6.92. The van der Waals surface area contributed by atoms with E-state index in [-0.39, 0.29) is 5.91 Å². The summed E-state index contributed by atoms with van der Waals surface area (Å²) >= 11 is 0. The molecule has 4 nitrogen and oxygen atoms in total. The van der Waals surface area contributed by atoms with Gasteiger partial charge < -0.3 is 4.74 Å². The van der Waals surface area contributed by atoms with Crippen molar-refractivity contribution in [2.24, 2.45) is 0 Å². The summed E-state index contributed by atoms with van der Waals surface area (Å²) in [5.74, 6) is -0.109. The summed E-state index contributed by atoms with van der Waals surface area (Å²) in [5.41, 5.74) is 1.33. The number of ether oxygens (including phenoxy) is 1. The molecule has 2 amide bonds. The van der Waals surface area contributed by atoms with Gasteiger partial charge in [-0.3, -0.25) is 4.79 Å². The van der Waals surface area contributed by atoms with E-state index < -0.39 is 6.09 Å². The van der Waals surface area contributed by atoms with Gasteiger partial charge in [-0.15, -0.1) is 0 Å². The average Bonchev–Trinajstić information content (AvgIpc) is 2.86. The molecule has 0 aliphatic carbocycles. The van der Waals surface area contributed by atoms with Gasteiger partial charge in [0, 0.05) is 6.42 Å². The molecule has 0 N–H and O–H groups in total. The van der Waals surface area contributed by atoms with Crippen molar-refractivity contribution in [2.45, 2.75) is 32.1 Å². The first-order chi connectivity index (χ1) is 9.27. The molecule has 1 saturated heterocycles. The number of hydrogen-bond acceptors (Lipinski definition) is 3. The van der Waals surface area contributed by atoms with Gasteiger partial charge in [-0.05, 0) is 24.8 Å². The second-order valence-electron chi connectivity index (χ2n) is 4.71. The summed E-state index contributed by atoms with van der Waals surface area (Å²) in [4.78, 5) is 24.1. The Morgan fingerprint density at radius 3 is 2.63 bits per heavy atom. The van der Waals surface area contributed by atoms with Crippen LogP contribution in [0.5, 0.6) is 0 Å². The van der Waals surface area contributed by atoms with Gasteiger partial charge in [0.2, 0.25) is 5.91 Å². The first kappa shape index (κ1) is 13.6. The van der Waals surface area contributed by atoms with E-state index in [4.69, 9.17) is 4.74 Å². The maximum absolute atomic E-state index is 11.7. The number of nitrogens with zero attached hydrogens (tertiary/aromatic N) is 1. The molecule has 0 radical (unpaired) electrons. The van der Waals surface area contributed by atoms with Crippen LogP contribution in [0, 0.1) is 0 Å². The minimum Gasteiger partial charge on any atom is -0.447 e. The molecule has 0 spiro atoms. The number of aryl methyl sites for hydroxylation is 1. The van der Waals surface area contributed by atoms with Gasteiger partial charge in [-0.1, -0.05) is 36.8 Å². The van der Waals surface area contributed by atoms with E-state index in [1.54, 1.807) is 0 Å². The van der Waals surface area contributed by atoms with Crippen molar-refractivity contribution in [1.82, 2.24) is 4.90 Å². The highest BCUT2D eigenvalue weighted by molar-refractivity contribution is 5.92. The number of carbonyl (C=O) groups is 2. The van der Waals surface area contributed by atoms with Crippen LogP contribution in [0.1, 0.15) is 31.2 Å². The lowest BCUT2D eigenvalue weighted by molar-refractivity contribution is -0.127. The van der Waals surface area contributed by atoms with Gasteiger partial charge in [0.15, 0.2) is 0 Å². The van der Waals surface area contributed by atoms with E-state index in [9.17, 15) is 9.59 Å². The van der Waals surface area contributed by atoms with Crippen molar-refractivity contribution in [3.05, 3.63) is 35.9 Å². The van der Waals surface area contributed by atoms with Crippen molar-refractivity contribution in [1.29, 1.82) is 0 Å². The Hall–Kier alpha value is -1.84. The number of cyclic esters (lactones) is 1. The molecular formula is C15H19NO3. The van der Waals surface area contributed by atoms with Gasteiger partial charge >= 0.3 is 6.09 Å². The molecular weight excluding hydrogens is 242 g/mol. The molecule has 4 heteroatoms. The lowest BCUT2D eigenvalue weighted by Gasteiger charge is -2.10. The van der Waals surface area contributed by atoms with Crippen molar-refractivity contribution < 1.29 is 14.3 Å². The minimum absolute atomic E-state index is 0.109. The van der Waals surface area contributed by atoms with Crippen molar-refractivity contribution >= 4 is 12.0 Å². The van der Waals surface area contributed by atoms with E-state index in [1.165, 1.54) is 10.5 Å². The van der Waals surface area contributed by atoms with Crippen LogP contribution in [-0.4, -0.2) is 30.1 Å². The molecule has 1 aliphatic rings. The smallest absolute Gasteiger partial charge is 0.416 e. The maximum atomic E-state index is 11.7. The zero-order valence-corrected chi connectivity index (χ0v) is 11.0. The Balaban J connectivity index is 1.59. The van der Waals surface area contributed by atoms with E-state index in [2.05, 4.69) is 12.1 Å². The number of carbonyl (C=O) groups excluding carboxylic acids is 2. The lowest BCUT2D eigenvalue weighted by Crippen LogP contribution is -2.31. The molecule has 0 atom stereocenters. The topological polar surface area (TPSA) is 46.6 Å². The van der Waals surface area contributed by atoms with Crippen LogP contribution < -0.4 is 0 Å². The number of rotatable bonds is 6. The highest BCUT2D eigenvalue weighted by Crippen LogP contribution is 2.11. The molecule has 1 fully saturated rings. The van der Waals surface area contributed by atoms with Gasteiger partial charge in [-0.2, -0.15) is 0 Å². The van der Waals surface area contributed by atoms with Gasteiger partial charge in [0.1, 0.15) is 6.61 Å². The average molecular weight is 261 g/mol. The molecule has 1 heterocycles. The molecule has 1 aliphatic heterocycles. The molecule has 1 aromatic rings. The molecule has 19 heavy (non-hydrogen) atoms. The maximum Gasteiger partial charge on any atom is 0.416 e. The largest absolute Gasteiger partial charge is 0.447 e. The molecule has 2 rings (SSSR count). The van der Waals surface area contributed by atoms with E-state index >= 15 is 0 Å². The predicted molar refractivity (Wildman–Crippen MR) is 71.7 cm³/mol. The molecule has 102 valence electrons. The summed E-state index contributed by atoms with van der Waals surface area (Å²) in [6.07, 6.45) is 3.89. The van der Waals surface area contributed by atoms with Crippen LogP contribution >= 0.6 is 0 Å². The highest BCUT2D eigenvalue weighted by atomic mass is 16.6. The number of imide groups is 1. The van der Waals surface area contributed by atoms with Crippen LogP contribution in [0.3, 0.4) is 0 Å². The first-order valence-corrected chi connectivity index (χ1v) is 6.78. The third kappa shape index (κ3) is 4.09. The van der Waals surface area contributed by atoms with E-state index in [0.717, 1.165) is 25.7 Å². The fourth-order valence-electron chi connectivity index (χ4n) is 2.18. The number of unbranched alkanes of at least 4 members (excludes halogenated alkanes) is 2. The molecule has 0 unspecified atom stereocenters. The zero-order valence-electron chi connectivity index (χ0n) is 11.0. The highest BCUT2D eigenvalue weighted by Gasteiger charge is 2.27. The number of benzene rings is 1. The normalized spacial score (nSPS) is 14.5. The summed E-state index contributed by atoms with van der Waals surface area (Å²) in [5, 5.41) is 0. The Kier molecular flexibility index (Phi) is 4.95. The van der Waals surface area contributed by atoms with E-state index in [0.29, 0.717) is 19.6 Å². The molecule has 0 bridgehead atoms. The summed E-state index contributed by atoms with van der Waals surface area (Å²) in [6.45, 7) is 0.736. The minimum atomic E-state index is -0.491. The summed E-state index contributed by atoms with van der Waals surface area (Å²) in [7, 11) is 0. The Morgan fingerprint density at radius 1 is 1.16 bits per heavy atom. The standard InChI is InChI=1S/C15H19NO3/c17-14(16-11-12-19-15(16)18)10-6-2-5-9-13-7-3-1-4-8-13/h1,3-4,7-8H,2,5-6,9-12H2. The van der Waals surface area contributed by atoms with Crippen molar-refractivity contribution in [3.63, 3.8) is 0 Å². The second-order valence-corrected chi connectivity index (χ2v) is 4.71. The Labute approximate surface area is 113 Å². The van der Waals surface area contributed by atoms with Gasteiger partial charge in [-0.25, -0.2) is 9.69 Å². The SMILES string of the molecule is O=C(CCCCCc1ccccc1)N1CCOC1=O. The Bertz CT molecular complexity index is 430. The Morgan fingerprint density at radius 2 is 1.95 bits per heavy atom. The number of hydrogen-bond donors (Lipinski definition) is 0. The molecule has 1 aromatic carbocycles.